The summed E-state index contributed by atoms with van der Waals surface area (Å²) in [5.74, 6) is 0.691. The number of carbonyl (C=O) groups excluding carboxylic acids is 1. The highest BCUT2D eigenvalue weighted by Gasteiger charge is 2.15. The van der Waals surface area contributed by atoms with E-state index in [1.54, 1.807) is 19.1 Å². The maximum Gasteiger partial charge on any atom is 0.257 e. The highest BCUT2D eigenvalue weighted by atomic mass is 35.5. The molecule has 0 radical (unpaired) electrons. The van der Waals surface area contributed by atoms with E-state index in [1.165, 1.54) is 17.5 Å². The van der Waals surface area contributed by atoms with Gasteiger partial charge in [0.25, 0.3) is 11.8 Å². The Hall–Kier alpha value is -2.25. The fraction of sp³-hybridized carbons (Fsp3) is 0.143. The van der Waals surface area contributed by atoms with Crippen molar-refractivity contribution < 1.29 is 9.21 Å². The Labute approximate surface area is 135 Å². The molecule has 0 aromatic carbocycles. The van der Waals surface area contributed by atoms with E-state index >= 15 is 0 Å². The van der Waals surface area contributed by atoms with Gasteiger partial charge in [-0.05, 0) is 25.1 Å². The third-order valence-corrected chi connectivity index (χ3v) is 4.15. The van der Waals surface area contributed by atoms with Crippen molar-refractivity contribution in [2.45, 2.75) is 13.8 Å². The topological polar surface area (TPSA) is 80.9 Å². The van der Waals surface area contributed by atoms with Gasteiger partial charge in [0.2, 0.25) is 5.89 Å². The predicted octanol–water partition coefficient (Wildman–Crippen LogP) is 3.72. The maximum absolute atomic E-state index is 12.2. The van der Waals surface area contributed by atoms with E-state index in [0.29, 0.717) is 28.2 Å². The van der Waals surface area contributed by atoms with Gasteiger partial charge in [0.05, 0.1) is 16.1 Å². The lowest BCUT2D eigenvalue weighted by Gasteiger charge is -2.03. The van der Waals surface area contributed by atoms with Crippen molar-refractivity contribution in [1.82, 2.24) is 15.2 Å². The Balaban J connectivity index is 1.82. The SMILES string of the molecule is Cc1nnc(-c2cc(NC(=O)c3ccc(Cl)nc3)c(C)s2)o1. The molecule has 0 unspecified atom stereocenters. The van der Waals surface area contributed by atoms with Crippen LogP contribution in [0.3, 0.4) is 0 Å². The standard InChI is InChI=1S/C14H11ClN4O2S/c1-7-10(5-11(22-7)14-19-18-8(2)21-14)17-13(20)9-3-4-12(15)16-6-9/h3-6H,1-2H3,(H,17,20). The summed E-state index contributed by atoms with van der Waals surface area (Å²) in [7, 11) is 0. The number of thiophene rings is 1. The Kier molecular flexibility index (Phi) is 3.91. The maximum atomic E-state index is 12.2. The molecule has 1 N–H and O–H groups in total. The molecule has 0 bridgehead atoms. The second-order valence-electron chi connectivity index (χ2n) is 4.53. The van der Waals surface area contributed by atoms with Crippen LogP contribution in [0, 0.1) is 13.8 Å². The van der Waals surface area contributed by atoms with Gasteiger partial charge in [0.1, 0.15) is 5.15 Å². The number of anilines is 1. The number of carbonyl (C=O) groups is 1. The van der Waals surface area contributed by atoms with Crippen molar-refractivity contribution in [2.24, 2.45) is 0 Å². The van der Waals surface area contributed by atoms with E-state index in [4.69, 9.17) is 16.0 Å². The fourth-order valence-corrected chi connectivity index (χ4v) is 2.82. The Morgan fingerprint density at radius 3 is 2.77 bits per heavy atom. The number of aryl methyl sites for hydroxylation is 2. The minimum Gasteiger partial charge on any atom is -0.420 e. The third-order valence-electron chi connectivity index (χ3n) is 2.89. The summed E-state index contributed by atoms with van der Waals surface area (Å²) in [5, 5.41) is 11.0. The van der Waals surface area contributed by atoms with Crippen LogP contribution < -0.4 is 5.32 Å². The van der Waals surface area contributed by atoms with Gasteiger partial charge in [0.15, 0.2) is 0 Å². The average molecular weight is 335 g/mol. The first kappa shape index (κ1) is 14.7. The van der Waals surface area contributed by atoms with Crippen molar-refractivity contribution in [1.29, 1.82) is 0 Å². The quantitative estimate of drug-likeness (QED) is 0.738. The molecule has 3 heterocycles. The van der Waals surface area contributed by atoms with Gasteiger partial charge in [-0.25, -0.2) is 4.98 Å². The number of nitrogens with one attached hydrogen (secondary N) is 1. The van der Waals surface area contributed by atoms with Crippen molar-refractivity contribution >= 4 is 34.5 Å². The molecule has 3 rings (SSSR count). The number of nitrogens with zero attached hydrogens (tertiary/aromatic N) is 3. The number of aromatic nitrogens is 3. The smallest absolute Gasteiger partial charge is 0.257 e. The predicted molar refractivity (Wildman–Crippen MR) is 84.3 cm³/mol. The van der Waals surface area contributed by atoms with Crippen molar-refractivity contribution in [3.05, 3.63) is 45.9 Å². The zero-order valence-corrected chi connectivity index (χ0v) is 13.3. The fourth-order valence-electron chi connectivity index (χ4n) is 1.81. The molecule has 6 nitrogen and oxygen atoms in total. The van der Waals surface area contributed by atoms with Crippen LogP contribution in [0.15, 0.2) is 28.8 Å². The van der Waals surface area contributed by atoms with E-state index in [2.05, 4.69) is 20.5 Å². The Morgan fingerprint density at radius 1 is 1.32 bits per heavy atom. The molecular weight excluding hydrogens is 324 g/mol. The summed E-state index contributed by atoms with van der Waals surface area (Å²) in [6, 6.07) is 5.01. The summed E-state index contributed by atoms with van der Waals surface area (Å²) >= 11 is 7.18. The zero-order chi connectivity index (χ0) is 15.7. The van der Waals surface area contributed by atoms with E-state index in [1.807, 2.05) is 13.0 Å². The van der Waals surface area contributed by atoms with Crippen LogP contribution in [-0.4, -0.2) is 21.1 Å². The molecule has 3 aromatic rings. The molecule has 0 saturated carbocycles. The van der Waals surface area contributed by atoms with Crippen LogP contribution in [0.1, 0.15) is 21.1 Å². The number of halogens is 1. The highest BCUT2D eigenvalue weighted by Crippen LogP contribution is 2.33. The molecule has 112 valence electrons. The molecule has 0 fully saturated rings. The molecule has 0 saturated heterocycles. The van der Waals surface area contributed by atoms with Gasteiger partial charge >= 0.3 is 0 Å². The minimum absolute atomic E-state index is 0.252. The van der Waals surface area contributed by atoms with Crippen LogP contribution >= 0.6 is 22.9 Å². The van der Waals surface area contributed by atoms with Crippen LogP contribution in [0.25, 0.3) is 10.8 Å². The number of pyridine rings is 1. The summed E-state index contributed by atoms with van der Waals surface area (Å²) in [6.07, 6.45) is 1.43. The molecule has 3 aromatic heterocycles. The van der Waals surface area contributed by atoms with Crippen molar-refractivity contribution in [3.63, 3.8) is 0 Å². The average Bonchev–Trinajstić information content (AvgIpc) is 3.06. The third kappa shape index (κ3) is 3.00. The molecule has 22 heavy (non-hydrogen) atoms. The first-order valence-electron chi connectivity index (χ1n) is 6.37. The lowest BCUT2D eigenvalue weighted by atomic mass is 10.2. The molecule has 0 aliphatic heterocycles. The van der Waals surface area contributed by atoms with Crippen LogP contribution in [0.5, 0.6) is 0 Å². The highest BCUT2D eigenvalue weighted by molar-refractivity contribution is 7.15. The second kappa shape index (κ2) is 5.86. The normalized spacial score (nSPS) is 10.7. The van der Waals surface area contributed by atoms with E-state index in [0.717, 1.165) is 9.75 Å². The lowest BCUT2D eigenvalue weighted by Crippen LogP contribution is -2.12. The molecule has 1 amide bonds. The largest absolute Gasteiger partial charge is 0.420 e. The Morgan fingerprint density at radius 2 is 2.14 bits per heavy atom. The van der Waals surface area contributed by atoms with E-state index in [-0.39, 0.29) is 5.91 Å². The molecular formula is C14H11ClN4O2S. The van der Waals surface area contributed by atoms with Crippen LogP contribution in [0.4, 0.5) is 5.69 Å². The number of amides is 1. The second-order valence-corrected chi connectivity index (χ2v) is 6.17. The molecule has 0 aliphatic rings. The number of rotatable bonds is 3. The molecule has 0 atom stereocenters. The van der Waals surface area contributed by atoms with Gasteiger partial charge in [-0.15, -0.1) is 21.5 Å². The Bertz CT molecular complexity index is 826. The summed E-state index contributed by atoms with van der Waals surface area (Å²) < 4.78 is 5.39. The molecule has 0 aliphatic carbocycles. The van der Waals surface area contributed by atoms with Crippen molar-refractivity contribution in [3.8, 4) is 10.8 Å². The van der Waals surface area contributed by atoms with Gasteiger partial charge in [-0.3, -0.25) is 4.79 Å². The van der Waals surface area contributed by atoms with Gasteiger partial charge in [-0.2, -0.15) is 0 Å². The molecule has 0 spiro atoms. The van der Waals surface area contributed by atoms with Gasteiger partial charge < -0.3 is 9.73 Å². The molecule has 8 heteroatoms. The summed E-state index contributed by atoms with van der Waals surface area (Å²) in [4.78, 5) is 17.8. The monoisotopic (exact) mass is 334 g/mol. The number of hydrogen-bond acceptors (Lipinski definition) is 6. The van der Waals surface area contributed by atoms with Gasteiger partial charge in [0, 0.05) is 18.0 Å². The minimum atomic E-state index is -0.252. The van der Waals surface area contributed by atoms with Crippen LogP contribution in [-0.2, 0) is 0 Å². The van der Waals surface area contributed by atoms with Crippen LogP contribution in [0.2, 0.25) is 5.15 Å². The summed E-state index contributed by atoms with van der Waals surface area (Å²) in [6.45, 7) is 3.64. The summed E-state index contributed by atoms with van der Waals surface area (Å²) in [5.41, 5.74) is 1.14. The lowest BCUT2D eigenvalue weighted by molar-refractivity contribution is 0.102. The van der Waals surface area contributed by atoms with E-state index in [9.17, 15) is 4.79 Å². The van der Waals surface area contributed by atoms with Gasteiger partial charge in [-0.1, -0.05) is 11.6 Å². The van der Waals surface area contributed by atoms with E-state index < -0.39 is 0 Å². The number of hydrogen-bond donors (Lipinski definition) is 1. The first-order chi connectivity index (χ1) is 10.5. The first-order valence-corrected chi connectivity index (χ1v) is 7.56. The van der Waals surface area contributed by atoms with Crippen molar-refractivity contribution in [2.75, 3.05) is 5.32 Å². The zero-order valence-electron chi connectivity index (χ0n) is 11.8.